The second-order valence-corrected chi connectivity index (χ2v) is 7.85. The van der Waals surface area contributed by atoms with E-state index in [0.717, 1.165) is 27.8 Å². The molecule has 30 heavy (non-hydrogen) atoms. The fourth-order valence-electron chi connectivity index (χ4n) is 4.11. The van der Waals surface area contributed by atoms with Crippen LogP contribution in [0.2, 0.25) is 0 Å². The highest BCUT2D eigenvalue weighted by Gasteiger charge is 2.20. The summed E-state index contributed by atoms with van der Waals surface area (Å²) in [6, 6.07) is 11.6. The summed E-state index contributed by atoms with van der Waals surface area (Å²) in [5, 5.41) is 0.915. The predicted octanol–water partition coefficient (Wildman–Crippen LogP) is 4.12. The van der Waals surface area contributed by atoms with E-state index in [2.05, 4.69) is 14.9 Å². The number of aromatic amines is 1. The Bertz CT molecular complexity index is 1260. The smallest absolute Gasteiger partial charge is 0.250 e. The molecule has 7 heteroatoms. The Morgan fingerprint density at radius 3 is 2.70 bits per heavy atom. The zero-order valence-corrected chi connectivity index (χ0v) is 16.7. The lowest BCUT2D eigenvalue weighted by molar-refractivity contribution is 0.100. The molecule has 0 aliphatic carbocycles. The molecule has 1 saturated heterocycles. The van der Waals surface area contributed by atoms with Crippen molar-refractivity contribution in [3.63, 3.8) is 0 Å². The standard InChI is InChI=1S/C23H22FN5O/c1-13-2-3-14(12-26-13)19-11-18(23(25)30)22-21(27-19)17-5-4-16(10-20(17)28-22)29-8-6-15(24)7-9-29/h2-5,10-12,15,28H,6-9H2,1H3,(H2,25,30). The van der Waals surface area contributed by atoms with Crippen molar-refractivity contribution in [2.24, 2.45) is 5.73 Å². The first-order chi connectivity index (χ1) is 14.5. The van der Waals surface area contributed by atoms with Gasteiger partial charge in [0.25, 0.3) is 5.91 Å². The SMILES string of the molecule is Cc1ccc(-c2cc(C(N)=O)c3[nH]c4cc(N5CCC(F)CC5)ccc4c3n2)cn1. The molecular weight excluding hydrogens is 381 g/mol. The number of rotatable bonds is 3. The quantitative estimate of drug-likeness (QED) is 0.539. The number of primary amides is 1. The first kappa shape index (κ1) is 18.5. The number of carbonyl (C=O) groups is 1. The Morgan fingerprint density at radius 2 is 2.00 bits per heavy atom. The third-order valence-corrected chi connectivity index (χ3v) is 5.80. The van der Waals surface area contributed by atoms with Crippen LogP contribution in [0.15, 0.2) is 42.6 Å². The molecule has 1 fully saturated rings. The number of hydrogen-bond acceptors (Lipinski definition) is 4. The van der Waals surface area contributed by atoms with Crippen LogP contribution in [0.1, 0.15) is 28.9 Å². The van der Waals surface area contributed by atoms with Gasteiger partial charge in [0.2, 0.25) is 0 Å². The van der Waals surface area contributed by atoms with Gasteiger partial charge in [0, 0.05) is 41.6 Å². The van der Waals surface area contributed by atoms with Crippen LogP contribution >= 0.6 is 0 Å². The molecule has 6 nitrogen and oxygen atoms in total. The molecule has 3 N–H and O–H groups in total. The molecule has 5 rings (SSSR count). The second kappa shape index (κ2) is 7.09. The van der Waals surface area contributed by atoms with Crippen molar-refractivity contribution >= 4 is 33.5 Å². The number of H-pyrrole nitrogens is 1. The van der Waals surface area contributed by atoms with Crippen LogP contribution in [0.5, 0.6) is 0 Å². The number of piperidine rings is 1. The van der Waals surface area contributed by atoms with Crippen LogP contribution in [0.4, 0.5) is 10.1 Å². The molecule has 4 heterocycles. The van der Waals surface area contributed by atoms with Gasteiger partial charge in [0.1, 0.15) is 6.17 Å². The molecule has 152 valence electrons. The zero-order valence-electron chi connectivity index (χ0n) is 16.7. The van der Waals surface area contributed by atoms with E-state index in [9.17, 15) is 9.18 Å². The number of fused-ring (bicyclic) bond motifs is 3. The van der Waals surface area contributed by atoms with Crippen molar-refractivity contribution in [2.75, 3.05) is 18.0 Å². The average Bonchev–Trinajstić information content (AvgIpc) is 3.11. The predicted molar refractivity (Wildman–Crippen MR) is 116 cm³/mol. The Hall–Kier alpha value is -3.48. The van der Waals surface area contributed by atoms with E-state index in [1.165, 1.54) is 0 Å². The van der Waals surface area contributed by atoms with Crippen molar-refractivity contribution in [1.29, 1.82) is 0 Å². The number of anilines is 1. The van der Waals surface area contributed by atoms with Crippen LogP contribution in [-0.4, -0.2) is 40.1 Å². The van der Waals surface area contributed by atoms with E-state index in [-0.39, 0.29) is 0 Å². The minimum atomic E-state index is -0.713. The number of nitrogens with one attached hydrogen (secondary N) is 1. The number of hydrogen-bond donors (Lipinski definition) is 2. The van der Waals surface area contributed by atoms with Gasteiger partial charge in [0.15, 0.2) is 0 Å². The highest BCUT2D eigenvalue weighted by molar-refractivity contribution is 6.14. The summed E-state index contributed by atoms with van der Waals surface area (Å²) in [6.07, 6.45) is 2.13. The summed E-state index contributed by atoms with van der Waals surface area (Å²) >= 11 is 0. The minimum absolute atomic E-state index is 0.395. The Balaban J connectivity index is 1.65. The van der Waals surface area contributed by atoms with Gasteiger partial charge in [-0.25, -0.2) is 9.37 Å². The van der Waals surface area contributed by atoms with Crippen LogP contribution in [0.25, 0.3) is 33.2 Å². The van der Waals surface area contributed by atoms with E-state index in [4.69, 9.17) is 10.7 Å². The number of aryl methyl sites for hydroxylation is 1. The molecule has 1 aromatic carbocycles. The van der Waals surface area contributed by atoms with Crippen molar-refractivity contribution in [1.82, 2.24) is 15.0 Å². The third kappa shape index (κ3) is 3.16. The van der Waals surface area contributed by atoms with Gasteiger partial charge in [-0.1, -0.05) is 0 Å². The molecule has 3 aromatic heterocycles. The van der Waals surface area contributed by atoms with Gasteiger partial charge >= 0.3 is 0 Å². The van der Waals surface area contributed by atoms with Crippen molar-refractivity contribution < 1.29 is 9.18 Å². The maximum absolute atomic E-state index is 13.5. The molecule has 4 aromatic rings. The van der Waals surface area contributed by atoms with Crippen molar-refractivity contribution in [3.05, 3.63) is 53.9 Å². The summed E-state index contributed by atoms with van der Waals surface area (Å²) in [7, 11) is 0. The summed E-state index contributed by atoms with van der Waals surface area (Å²) in [5.41, 5.74) is 11.7. The average molecular weight is 403 g/mol. The molecule has 0 bridgehead atoms. The monoisotopic (exact) mass is 403 g/mol. The van der Waals surface area contributed by atoms with Crippen LogP contribution in [-0.2, 0) is 0 Å². The molecular formula is C23H22FN5O. The van der Waals surface area contributed by atoms with Crippen molar-refractivity contribution in [3.8, 4) is 11.3 Å². The summed E-state index contributed by atoms with van der Waals surface area (Å²) in [5.74, 6) is -0.513. The van der Waals surface area contributed by atoms with Gasteiger partial charge in [0.05, 0.1) is 27.8 Å². The Morgan fingerprint density at radius 1 is 1.20 bits per heavy atom. The lowest BCUT2D eigenvalue weighted by Gasteiger charge is -2.30. The molecule has 0 saturated carbocycles. The highest BCUT2D eigenvalue weighted by Crippen LogP contribution is 2.32. The molecule has 0 radical (unpaired) electrons. The molecule has 1 aliphatic heterocycles. The second-order valence-electron chi connectivity index (χ2n) is 7.85. The maximum atomic E-state index is 13.5. The number of pyridine rings is 2. The normalized spacial score (nSPS) is 15.2. The van der Waals surface area contributed by atoms with Crippen LogP contribution in [0, 0.1) is 6.92 Å². The minimum Gasteiger partial charge on any atom is -0.371 e. The first-order valence-electron chi connectivity index (χ1n) is 10.1. The molecule has 0 atom stereocenters. The summed E-state index contributed by atoms with van der Waals surface area (Å²) in [6.45, 7) is 3.31. The van der Waals surface area contributed by atoms with E-state index < -0.39 is 12.1 Å². The largest absolute Gasteiger partial charge is 0.371 e. The number of alkyl halides is 1. The highest BCUT2D eigenvalue weighted by atomic mass is 19.1. The number of nitrogens with zero attached hydrogens (tertiary/aromatic N) is 3. The van der Waals surface area contributed by atoms with E-state index in [1.54, 1.807) is 12.3 Å². The fraction of sp³-hybridized carbons (Fsp3) is 0.261. The van der Waals surface area contributed by atoms with E-state index >= 15 is 0 Å². The Labute approximate surface area is 172 Å². The fourth-order valence-corrected chi connectivity index (χ4v) is 4.11. The van der Waals surface area contributed by atoms with Gasteiger partial charge in [-0.15, -0.1) is 0 Å². The number of carbonyl (C=O) groups excluding carboxylic acids is 1. The third-order valence-electron chi connectivity index (χ3n) is 5.80. The lowest BCUT2D eigenvalue weighted by atomic mass is 10.1. The van der Waals surface area contributed by atoms with Gasteiger partial charge in [-0.05, 0) is 56.2 Å². The van der Waals surface area contributed by atoms with Crippen LogP contribution < -0.4 is 10.6 Å². The molecule has 0 spiro atoms. The maximum Gasteiger partial charge on any atom is 0.250 e. The van der Waals surface area contributed by atoms with E-state index in [0.29, 0.717) is 48.2 Å². The topological polar surface area (TPSA) is 87.9 Å². The first-order valence-corrected chi connectivity index (χ1v) is 10.1. The molecule has 1 amide bonds. The number of halogens is 1. The van der Waals surface area contributed by atoms with Crippen LogP contribution in [0.3, 0.4) is 0 Å². The molecule has 0 unspecified atom stereocenters. The van der Waals surface area contributed by atoms with E-state index in [1.807, 2.05) is 37.3 Å². The number of aromatic nitrogens is 3. The number of nitrogens with two attached hydrogens (primary N) is 1. The number of benzene rings is 1. The van der Waals surface area contributed by atoms with Gasteiger partial charge in [-0.3, -0.25) is 9.78 Å². The van der Waals surface area contributed by atoms with Crippen molar-refractivity contribution in [2.45, 2.75) is 25.9 Å². The number of amides is 1. The molecule has 1 aliphatic rings. The zero-order chi connectivity index (χ0) is 20.8. The van der Waals surface area contributed by atoms with Gasteiger partial charge in [-0.2, -0.15) is 0 Å². The van der Waals surface area contributed by atoms with Gasteiger partial charge < -0.3 is 15.6 Å². The lowest BCUT2D eigenvalue weighted by Crippen LogP contribution is -2.34. The Kier molecular flexibility index (Phi) is 4.38. The summed E-state index contributed by atoms with van der Waals surface area (Å²) in [4.78, 5) is 26.8. The summed E-state index contributed by atoms with van der Waals surface area (Å²) < 4.78 is 13.5.